The molecule has 1 N–H and O–H groups in total. The molecular weight excluding hydrogens is 308 g/mol. The average molecular weight is 318 g/mol. The van der Waals surface area contributed by atoms with E-state index >= 15 is 0 Å². The molecule has 0 unspecified atom stereocenters. The van der Waals surface area contributed by atoms with Crippen LogP contribution in [0.1, 0.15) is 18.1 Å². The van der Waals surface area contributed by atoms with Gasteiger partial charge in [0.15, 0.2) is 5.16 Å². The fourth-order valence-electron chi connectivity index (χ4n) is 1.71. The lowest BCUT2D eigenvalue weighted by Crippen LogP contribution is -1.89. The smallest absolute Gasteiger partial charge is 0.269 e. The van der Waals surface area contributed by atoms with Crippen LogP contribution in [0.5, 0.6) is 0 Å². The molecule has 0 radical (unpaired) electrons. The predicted octanol–water partition coefficient (Wildman–Crippen LogP) is 2.62. The van der Waals surface area contributed by atoms with E-state index in [9.17, 15) is 10.1 Å². The molecule has 1 atom stereocenters. The molecule has 0 fully saturated rings. The Morgan fingerprint density at radius 1 is 1.32 bits per heavy atom. The van der Waals surface area contributed by atoms with Gasteiger partial charge in [-0.3, -0.25) is 15.2 Å². The molecule has 112 valence electrons. The van der Waals surface area contributed by atoms with Crippen LogP contribution >= 0.6 is 11.8 Å². The third kappa shape index (κ3) is 2.96. The second kappa shape index (κ2) is 5.93. The van der Waals surface area contributed by atoms with Crippen molar-refractivity contribution in [1.82, 2.24) is 25.4 Å². The van der Waals surface area contributed by atoms with Gasteiger partial charge in [0.2, 0.25) is 11.8 Å². The molecule has 0 saturated carbocycles. The first-order valence-electron chi connectivity index (χ1n) is 6.24. The van der Waals surface area contributed by atoms with Crippen LogP contribution in [-0.2, 0) is 0 Å². The Morgan fingerprint density at radius 2 is 2.09 bits per heavy atom. The molecule has 2 aromatic heterocycles. The molecule has 0 bridgehead atoms. The summed E-state index contributed by atoms with van der Waals surface area (Å²) in [5.41, 5.74) is 0.638. The first kappa shape index (κ1) is 14.2. The number of H-pyrrole nitrogens is 1. The first-order valence-corrected chi connectivity index (χ1v) is 7.11. The Balaban J connectivity index is 1.76. The minimum atomic E-state index is -0.459. The van der Waals surface area contributed by atoms with Gasteiger partial charge in [-0.15, -0.1) is 10.2 Å². The molecule has 0 aliphatic carbocycles. The quantitative estimate of drug-likeness (QED) is 0.432. The fraction of sp³-hybridized carbons (Fsp3) is 0.167. The number of hydrogen-bond donors (Lipinski definition) is 1. The summed E-state index contributed by atoms with van der Waals surface area (Å²) in [6.45, 7) is 1.90. The zero-order valence-electron chi connectivity index (χ0n) is 11.3. The number of nitrogens with one attached hydrogen (secondary N) is 1. The molecule has 10 heteroatoms. The van der Waals surface area contributed by atoms with Crippen molar-refractivity contribution in [2.24, 2.45) is 0 Å². The van der Waals surface area contributed by atoms with Crippen LogP contribution in [0, 0.1) is 10.1 Å². The normalized spacial score (nSPS) is 12.2. The van der Waals surface area contributed by atoms with Crippen molar-refractivity contribution < 1.29 is 9.34 Å². The summed E-state index contributed by atoms with van der Waals surface area (Å²) in [7, 11) is 0. The Bertz CT molecular complexity index is 771. The highest BCUT2D eigenvalue weighted by molar-refractivity contribution is 7.99. The van der Waals surface area contributed by atoms with E-state index in [1.807, 2.05) is 6.92 Å². The van der Waals surface area contributed by atoms with E-state index in [-0.39, 0.29) is 10.9 Å². The predicted molar refractivity (Wildman–Crippen MR) is 77.0 cm³/mol. The standard InChI is InChI=1S/C12H10N6O3S/c1-7(22-12-13-6-14-17-12)10-15-16-11(21-10)8-2-4-9(5-3-8)18(19)20/h2-7H,1H3,(H,13,14,17)/t7-/m0/s1. The molecule has 22 heavy (non-hydrogen) atoms. The third-order valence-corrected chi connectivity index (χ3v) is 3.77. The van der Waals surface area contributed by atoms with Crippen LogP contribution in [0.15, 0.2) is 40.2 Å². The van der Waals surface area contributed by atoms with Gasteiger partial charge < -0.3 is 4.42 Å². The van der Waals surface area contributed by atoms with Crippen molar-refractivity contribution in [2.45, 2.75) is 17.3 Å². The van der Waals surface area contributed by atoms with Gasteiger partial charge in [0.25, 0.3) is 5.69 Å². The highest BCUT2D eigenvalue weighted by Gasteiger charge is 2.18. The number of non-ortho nitro benzene ring substituents is 1. The highest BCUT2D eigenvalue weighted by Crippen LogP contribution is 2.33. The first-order chi connectivity index (χ1) is 10.6. The lowest BCUT2D eigenvalue weighted by atomic mass is 10.2. The molecule has 0 aliphatic rings. The second-order valence-corrected chi connectivity index (χ2v) is 5.63. The van der Waals surface area contributed by atoms with Crippen LogP contribution in [0.25, 0.3) is 11.5 Å². The maximum absolute atomic E-state index is 10.6. The van der Waals surface area contributed by atoms with Crippen molar-refractivity contribution in [3.8, 4) is 11.5 Å². The van der Waals surface area contributed by atoms with Gasteiger partial charge >= 0.3 is 0 Å². The summed E-state index contributed by atoms with van der Waals surface area (Å²) < 4.78 is 5.61. The van der Waals surface area contributed by atoms with Crippen molar-refractivity contribution in [1.29, 1.82) is 0 Å². The molecular formula is C12H10N6O3S. The van der Waals surface area contributed by atoms with Crippen molar-refractivity contribution >= 4 is 17.4 Å². The van der Waals surface area contributed by atoms with Gasteiger partial charge in [-0.2, -0.15) is 5.10 Å². The second-order valence-electron chi connectivity index (χ2n) is 4.30. The highest BCUT2D eigenvalue weighted by atomic mass is 32.2. The van der Waals surface area contributed by atoms with Crippen molar-refractivity contribution in [3.63, 3.8) is 0 Å². The summed E-state index contributed by atoms with van der Waals surface area (Å²) >= 11 is 1.40. The van der Waals surface area contributed by atoms with Gasteiger partial charge in [0, 0.05) is 17.7 Å². The topological polar surface area (TPSA) is 124 Å². The molecule has 3 aromatic rings. The number of thioether (sulfide) groups is 1. The summed E-state index contributed by atoms with van der Waals surface area (Å²) in [5, 5.41) is 25.7. The maximum atomic E-state index is 10.6. The van der Waals surface area contributed by atoms with E-state index in [1.165, 1.54) is 30.2 Å². The Kier molecular flexibility index (Phi) is 3.83. The van der Waals surface area contributed by atoms with Gasteiger partial charge in [-0.05, 0) is 19.1 Å². The monoisotopic (exact) mass is 318 g/mol. The van der Waals surface area contributed by atoms with E-state index in [0.29, 0.717) is 22.5 Å². The van der Waals surface area contributed by atoms with E-state index < -0.39 is 4.92 Å². The van der Waals surface area contributed by atoms with E-state index in [4.69, 9.17) is 4.42 Å². The molecule has 0 saturated heterocycles. The Hall–Kier alpha value is -2.75. The minimum absolute atomic E-state index is 0.0118. The largest absolute Gasteiger partial charge is 0.419 e. The molecule has 0 spiro atoms. The molecule has 2 heterocycles. The lowest BCUT2D eigenvalue weighted by molar-refractivity contribution is -0.384. The Labute approximate surface area is 128 Å². The number of hydrogen-bond acceptors (Lipinski definition) is 8. The van der Waals surface area contributed by atoms with E-state index in [2.05, 4.69) is 25.4 Å². The fourth-order valence-corrected chi connectivity index (χ4v) is 2.45. The summed E-state index contributed by atoms with van der Waals surface area (Å²) in [6, 6.07) is 5.94. The molecule has 1 aromatic carbocycles. The molecule has 3 rings (SSSR count). The number of nitrogens with zero attached hydrogens (tertiary/aromatic N) is 5. The number of aromatic nitrogens is 5. The zero-order valence-corrected chi connectivity index (χ0v) is 12.1. The Morgan fingerprint density at radius 3 is 2.73 bits per heavy atom. The number of benzene rings is 1. The van der Waals surface area contributed by atoms with Crippen LogP contribution in [0.4, 0.5) is 5.69 Å². The summed E-state index contributed by atoms with van der Waals surface area (Å²) in [5.74, 6) is 0.754. The van der Waals surface area contributed by atoms with Gasteiger partial charge in [-0.1, -0.05) is 11.8 Å². The van der Waals surface area contributed by atoms with Crippen molar-refractivity contribution in [2.75, 3.05) is 0 Å². The summed E-state index contributed by atoms with van der Waals surface area (Å²) in [6.07, 6.45) is 1.42. The van der Waals surface area contributed by atoms with E-state index in [1.54, 1.807) is 12.1 Å². The van der Waals surface area contributed by atoms with Crippen LogP contribution in [0.3, 0.4) is 0 Å². The van der Waals surface area contributed by atoms with Gasteiger partial charge in [-0.25, -0.2) is 4.98 Å². The van der Waals surface area contributed by atoms with Crippen LogP contribution in [0.2, 0.25) is 0 Å². The SMILES string of the molecule is C[C@H](Sc1ncn[nH]1)c1nnc(-c2ccc([N+](=O)[O-])cc2)o1. The maximum Gasteiger partial charge on any atom is 0.269 e. The number of nitro benzene ring substituents is 1. The minimum Gasteiger partial charge on any atom is -0.419 e. The lowest BCUT2D eigenvalue weighted by Gasteiger charge is -2.02. The third-order valence-electron chi connectivity index (χ3n) is 2.79. The van der Waals surface area contributed by atoms with Gasteiger partial charge in [0.05, 0.1) is 10.2 Å². The average Bonchev–Trinajstić information content (AvgIpc) is 3.18. The number of aromatic amines is 1. The van der Waals surface area contributed by atoms with E-state index in [0.717, 1.165) is 0 Å². The number of nitro groups is 1. The molecule has 9 nitrogen and oxygen atoms in total. The van der Waals surface area contributed by atoms with Gasteiger partial charge in [0.1, 0.15) is 6.33 Å². The van der Waals surface area contributed by atoms with Crippen LogP contribution < -0.4 is 0 Å². The van der Waals surface area contributed by atoms with Crippen molar-refractivity contribution in [3.05, 3.63) is 46.6 Å². The van der Waals surface area contributed by atoms with Crippen LogP contribution in [-0.4, -0.2) is 30.3 Å². The summed E-state index contributed by atoms with van der Waals surface area (Å²) in [4.78, 5) is 14.2. The number of rotatable bonds is 5. The zero-order chi connectivity index (χ0) is 15.5. The molecule has 0 aliphatic heterocycles. The molecule has 0 amide bonds.